The van der Waals surface area contributed by atoms with E-state index in [2.05, 4.69) is 27.7 Å². The zero-order chi connectivity index (χ0) is 16.5. The highest BCUT2D eigenvalue weighted by Gasteiger charge is 2.34. The van der Waals surface area contributed by atoms with Gasteiger partial charge in [-0.05, 0) is 32.1 Å². The fraction of sp³-hybridized carbons (Fsp3) is 1.00. The van der Waals surface area contributed by atoms with Gasteiger partial charge >= 0.3 is 0 Å². The maximum absolute atomic E-state index is 2.36. The predicted molar refractivity (Wildman–Crippen MR) is 109 cm³/mol. The third kappa shape index (κ3) is 14.9. The molecule has 0 spiro atoms. The molecular weight excluding hydrogens is 363 g/mol. The summed E-state index contributed by atoms with van der Waals surface area (Å²) < 4.78 is 0. The van der Waals surface area contributed by atoms with E-state index in [1.807, 2.05) is 0 Å². The quantitative estimate of drug-likeness (QED) is 0.230. The van der Waals surface area contributed by atoms with E-state index in [9.17, 15) is 0 Å². The standard InChI is InChI=1S/C21H46P.BrH/c1-5-9-13-17-21-22(18-14-10-6-2,19-15-11-7-3)20-16-12-8-4;/h5-21H2,1-4H3;1H/q+1;/p-1. The number of hydrogen-bond donors (Lipinski definition) is 0. The molecule has 0 fully saturated rings. The maximum Gasteiger partial charge on any atom is 0.0594 e. The second-order valence-corrected chi connectivity index (χ2v) is 11.9. The number of hydrogen-bond acceptors (Lipinski definition) is 0. The summed E-state index contributed by atoms with van der Waals surface area (Å²) in [5, 5.41) is 0. The number of rotatable bonds is 17. The molecule has 0 aliphatic carbocycles. The first kappa shape index (κ1) is 26.1. The van der Waals surface area contributed by atoms with Crippen LogP contribution in [0.3, 0.4) is 0 Å². The van der Waals surface area contributed by atoms with Crippen molar-refractivity contribution in [3.05, 3.63) is 0 Å². The summed E-state index contributed by atoms with van der Waals surface area (Å²) in [6.07, 6.45) is 25.5. The van der Waals surface area contributed by atoms with Crippen LogP contribution in [0.5, 0.6) is 0 Å². The lowest BCUT2D eigenvalue weighted by Gasteiger charge is -2.28. The Balaban J connectivity index is 0. The smallest absolute Gasteiger partial charge is 0.0594 e. The van der Waals surface area contributed by atoms with Crippen molar-refractivity contribution in [1.82, 2.24) is 0 Å². The van der Waals surface area contributed by atoms with Crippen molar-refractivity contribution in [2.75, 3.05) is 24.6 Å². The fourth-order valence-electron chi connectivity index (χ4n) is 3.64. The largest absolute Gasteiger partial charge is 1.00 e. The van der Waals surface area contributed by atoms with E-state index < -0.39 is 7.26 Å². The lowest BCUT2D eigenvalue weighted by atomic mass is 10.2. The molecule has 0 radical (unpaired) electrons. The van der Waals surface area contributed by atoms with Crippen molar-refractivity contribution in [3.63, 3.8) is 0 Å². The topological polar surface area (TPSA) is 0 Å². The van der Waals surface area contributed by atoms with Crippen molar-refractivity contribution in [3.8, 4) is 0 Å². The third-order valence-corrected chi connectivity index (χ3v) is 10.3. The molecule has 0 bridgehead atoms. The molecule has 0 aromatic rings. The zero-order valence-corrected chi connectivity index (χ0v) is 19.3. The number of unbranched alkanes of at least 4 members (excludes halogenated alkanes) is 9. The molecule has 0 saturated carbocycles. The van der Waals surface area contributed by atoms with Crippen LogP contribution in [0.1, 0.15) is 111 Å². The normalized spacial score (nSPS) is 11.5. The highest BCUT2D eigenvalue weighted by molar-refractivity contribution is 7.75. The van der Waals surface area contributed by atoms with Gasteiger partial charge in [0.2, 0.25) is 0 Å². The minimum atomic E-state index is -0.625. The summed E-state index contributed by atoms with van der Waals surface area (Å²) in [5.74, 6) is 0. The van der Waals surface area contributed by atoms with Crippen LogP contribution in [-0.4, -0.2) is 24.6 Å². The van der Waals surface area contributed by atoms with E-state index >= 15 is 0 Å². The van der Waals surface area contributed by atoms with Crippen LogP contribution in [0.25, 0.3) is 0 Å². The molecular formula is C21H46BrP. The molecule has 0 aliphatic rings. The summed E-state index contributed by atoms with van der Waals surface area (Å²) in [4.78, 5) is 0. The van der Waals surface area contributed by atoms with Crippen LogP contribution in [-0.2, 0) is 0 Å². The lowest BCUT2D eigenvalue weighted by Crippen LogP contribution is -3.00. The number of halogens is 1. The summed E-state index contributed by atoms with van der Waals surface area (Å²) in [7, 11) is -0.625. The molecule has 0 saturated heterocycles. The van der Waals surface area contributed by atoms with Gasteiger partial charge in [-0.15, -0.1) is 0 Å². The van der Waals surface area contributed by atoms with Crippen LogP contribution in [0, 0.1) is 0 Å². The van der Waals surface area contributed by atoms with Gasteiger partial charge in [0, 0.05) is 7.26 Å². The molecule has 142 valence electrons. The van der Waals surface area contributed by atoms with E-state index in [4.69, 9.17) is 0 Å². The SMILES string of the molecule is CCCCCC[P+](CCCCC)(CCCCC)CCCCC.[Br-]. The van der Waals surface area contributed by atoms with Crippen LogP contribution < -0.4 is 17.0 Å². The van der Waals surface area contributed by atoms with Gasteiger partial charge in [-0.2, -0.15) is 0 Å². The van der Waals surface area contributed by atoms with Crippen molar-refractivity contribution in [2.45, 2.75) is 111 Å². The Morgan fingerprint density at radius 2 is 0.652 bits per heavy atom. The summed E-state index contributed by atoms with van der Waals surface area (Å²) >= 11 is 0. The molecule has 0 aromatic carbocycles. The van der Waals surface area contributed by atoms with Gasteiger partial charge in [0.25, 0.3) is 0 Å². The van der Waals surface area contributed by atoms with Crippen LogP contribution in [0.15, 0.2) is 0 Å². The van der Waals surface area contributed by atoms with Gasteiger partial charge in [0.15, 0.2) is 0 Å². The predicted octanol–water partition coefficient (Wildman–Crippen LogP) is 5.16. The molecule has 0 nitrogen and oxygen atoms in total. The van der Waals surface area contributed by atoms with E-state index in [-0.39, 0.29) is 17.0 Å². The van der Waals surface area contributed by atoms with E-state index in [1.165, 1.54) is 83.5 Å². The minimum absolute atomic E-state index is 0. The Labute approximate surface area is 160 Å². The Hall–Kier alpha value is 0.910. The lowest BCUT2D eigenvalue weighted by molar-refractivity contribution is -0.00000514. The summed E-state index contributed by atoms with van der Waals surface area (Å²) in [6.45, 7) is 9.41. The van der Waals surface area contributed by atoms with Crippen molar-refractivity contribution >= 4 is 7.26 Å². The van der Waals surface area contributed by atoms with Crippen LogP contribution in [0.4, 0.5) is 0 Å². The Bertz CT molecular complexity index is 191. The first-order valence-corrected chi connectivity index (χ1v) is 13.1. The Morgan fingerprint density at radius 3 is 0.957 bits per heavy atom. The second kappa shape index (κ2) is 19.2. The van der Waals surface area contributed by atoms with E-state index in [0.717, 1.165) is 0 Å². The summed E-state index contributed by atoms with van der Waals surface area (Å²) in [6, 6.07) is 0. The van der Waals surface area contributed by atoms with Gasteiger partial charge in [-0.3, -0.25) is 0 Å². The average molecular weight is 409 g/mol. The first-order chi connectivity index (χ1) is 10.7. The Kier molecular flexibility index (Phi) is 21.9. The highest BCUT2D eigenvalue weighted by Crippen LogP contribution is 2.61. The fourth-order valence-corrected chi connectivity index (χ4v) is 8.56. The van der Waals surface area contributed by atoms with Gasteiger partial charge < -0.3 is 17.0 Å². The third-order valence-electron chi connectivity index (χ3n) is 5.19. The molecule has 0 atom stereocenters. The monoisotopic (exact) mass is 408 g/mol. The van der Waals surface area contributed by atoms with Gasteiger partial charge in [-0.1, -0.05) is 79.1 Å². The molecule has 0 amide bonds. The van der Waals surface area contributed by atoms with E-state index in [0.29, 0.717) is 0 Å². The minimum Gasteiger partial charge on any atom is -1.00 e. The average Bonchev–Trinajstić information content (AvgIpc) is 2.52. The molecule has 0 rings (SSSR count). The second-order valence-electron chi connectivity index (χ2n) is 7.42. The molecule has 23 heavy (non-hydrogen) atoms. The van der Waals surface area contributed by atoms with E-state index in [1.54, 1.807) is 24.6 Å². The van der Waals surface area contributed by atoms with Crippen LogP contribution in [0.2, 0.25) is 0 Å². The molecule has 2 heteroatoms. The zero-order valence-electron chi connectivity index (χ0n) is 16.8. The highest BCUT2D eigenvalue weighted by atomic mass is 79.9. The molecule has 0 aliphatic heterocycles. The van der Waals surface area contributed by atoms with Crippen molar-refractivity contribution in [1.29, 1.82) is 0 Å². The Morgan fingerprint density at radius 1 is 0.391 bits per heavy atom. The van der Waals surface area contributed by atoms with Crippen LogP contribution >= 0.6 is 7.26 Å². The van der Waals surface area contributed by atoms with Gasteiger partial charge in [0.1, 0.15) is 0 Å². The first-order valence-electron chi connectivity index (χ1n) is 10.6. The maximum atomic E-state index is 2.36. The van der Waals surface area contributed by atoms with Crippen molar-refractivity contribution < 1.29 is 17.0 Å². The van der Waals surface area contributed by atoms with Gasteiger partial charge in [-0.25, -0.2) is 0 Å². The molecule has 0 aromatic heterocycles. The van der Waals surface area contributed by atoms with Crippen molar-refractivity contribution in [2.24, 2.45) is 0 Å². The molecule has 0 heterocycles. The molecule has 0 unspecified atom stereocenters. The summed E-state index contributed by atoms with van der Waals surface area (Å²) in [5.41, 5.74) is 0. The molecule has 0 N–H and O–H groups in total. The van der Waals surface area contributed by atoms with Gasteiger partial charge in [0.05, 0.1) is 24.6 Å².